The van der Waals surface area contributed by atoms with Gasteiger partial charge in [0.15, 0.2) is 0 Å². The van der Waals surface area contributed by atoms with Gasteiger partial charge in [-0.05, 0) is 55.5 Å². The number of aryl methyl sites for hydroxylation is 1. The molecule has 0 aromatic heterocycles. The quantitative estimate of drug-likeness (QED) is 0.571. The van der Waals surface area contributed by atoms with Gasteiger partial charge in [0, 0.05) is 16.3 Å². The van der Waals surface area contributed by atoms with Crippen LogP contribution in [0.2, 0.25) is 0 Å². The highest BCUT2D eigenvalue weighted by molar-refractivity contribution is 8.00. The third-order valence-corrected chi connectivity index (χ3v) is 5.00. The monoisotopic (exact) mass is 394 g/mol. The molecule has 0 unspecified atom stereocenters. The summed E-state index contributed by atoms with van der Waals surface area (Å²) in [6, 6.07) is 20.2. The average Bonchev–Trinajstić information content (AvgIpc) is 2.70. The predicted molar refractivity (Wildman–Crippen MR) is 111 cm³/mol. The van der Waals surface area contributed by atoms with Gasteiger partial charge < -0.3 is 10.6 Å². The van der Waals surface area contributed by atoms with Crippen LogP contribution >= 0.6 is 11.8 Å². The lowest BCUT2D eigenvalue weighted by atomic mass is 10.2. The zero-order valence-corrected chi connectivity index (χ0v) is 16.1. The second-order valence-electron chi connectivity index (χ2n) is 6.16. The predicted octanol–water partition coefficient (Wildman–Crippen LogP) is 5.12. The number of nitrogens with one attached hydrogen (secondary N) is 2. The first kappa shape index (κ1) is 19.6. The number of carbonyl (C=O) groups is 2. The van der Waals surface area contributed by atoms with Crippen LogP contribution < -0.4 is 10.6 Å². The van der Waals surface area contributed by atoms with Gasteiger partial charge >= 0.3 is 0 Å². The van der Waals surface area contributed by atoms with E-state index >= 15 is 0 Å². The van der Waals surface area contributed by atoms with Gasteiger partial charge in [-0.1, -0.05) is 29.8 Å². The van der Waals surface area contributed by atoms with Crippen molar-refractivity contribution in [3.8, 4) is 0 Å². The molecule has 3 aromatic carbocycles. The fourth-order valence-corrected chi connectivity index (χ4v) is 3.34. The molecule has 0 aliphatic carbocycles. The van der Waals surface area contributed by atoms with Gasteiger partial charge in [0.2, 0.25) is 5.91 Å². The molecule has 0 bridgehead atoms. The van der Waals surface area contributed by atoms with E-state index in [1.807, 2.05) is 37.3 Å². The van der Waals surface area contributed by atoms with E-state index in [0.717, 1.165) is 11.3 Å². The summed E-state index contributed by atoms with van der Waals surface area (Å²) >= 11 is 1.29. The second-order valence-corrected chi connectivity index (χ2v) is 7.18. The molecule has 0 spiro atoms. The molecule has 142 valence electrons. The van der Waals surface area contributed by atoms with Gasteiger partial charge in [-0.25, -0.2) is 4.39 Å². The SMILES string of the molecule is Cc1ccc(NC(=O)CSc2ccccc2C(=O)Nc2ccc(F)cc2)cc1. The minimum Gasteiger partial charge on any atom is -0.325 e. The molecular formula is C22H19FN2O2S. The van der Waals surface area contributed by atoms with Gasteiger partial charge in [0.05, 0.1) is 11.3 Å². The highest BCUT2D eigenvalue weighted by Gasteiger charge is 2.13. The first-order chi connectivity index (χ1) is 13.5. The summed E-state index contributed by atoms with van der Waals surface area (Å²) in [4.78, 5) is 25.5. The average molecular weight is 394 g/mol. The van der Waals surface area contributed by atoms with Crippen molar-refractivity contribution in [2.24, 2.45) is 0 Å². The molecule has 2 N–H and O–H groups in total. The summed E-state index contributed by atoms with van der Waals surface area (Å²) in [5, 5.41) is 5.58. The van der Waals surface area contributed by atoms with E-state index in [9.17, 15) is 14.0 Å². The topological polar surface area (TPSA) is 58.2 Å². The highest BCUT2D eigenvalue weighted by Crippen LogP contribution is 2.24. The molecule has 0 radical (unpaired) electrons. The van der Waals surface area contributed by atoms with Crippen molar-refractivity contribution >= 4 is 35.0 Å². The first-order valence-corrected chi connectivity index (χ1v) is 9.65. The maximum atomic E-state index is 13.0. The molecule has 3 aromatic rings. The van der Waals surface area contributed by atoms with Crippen LogP contribution in [0, 0.1) is 12.7 Å². The number of anilines is 2. The van der Waals surface area contributed by atoms with Crippen molar-refractivity contribution in [3.05, 3.63) is 89.7 Å². The van der Waals surface area contributed by atoms with Crippen LogP contribution in [0.25, 0.3) is 0 Å². The molecule has 0 saturated heterocycles. The summed E-state index contributed by atoms with van der Waals surface area (Å²) in [6.07, 6.45) is 0. The fourth-order valence-electron chi connectivity index (χ4n) is 2.49. The lowest BCUT2D eigenvalue weighted by molar-refractivity contribution is -0.113. The Bertz CT molecular complexity index is 973. The summed E-state index contributed by atoms with van der Waals surface area (Å²) in [6.45, 7) is 1.98. The molecule has 2 amide bonds. The number of thioether (sulfide) groups is 1. The van der Waals surface area contributed by atoms with Crippen LogP contribution in [-0.2, 0) is 4.79 Å². The normalized spacial score (nSPS) is 10.4. The summed E-state index contributed by atoms with van der Waals surface area (Å²) in [5.41, 5.74) is 2.82. The number of halogens is 1. The Labute approximate surface area is 167 Å². The van der Waals surface area contributed by atoms with Crippen molar-refractivity contribution in [1.29, 1.82) is 0 Å². The number of hydrogen-bond acceptors (Lipinski definition) is 3. The first-order valence-electron chi connectivity index (χ1n) is 8.66. The molecule has 3 rings (SSSR count). The van der Waals surface area contributed by atoms with Crippen molar-refractivity contribution in [1.82, 2.24) is 0 Å². The standard InChI is InChI=1S/C22H19FN2O2S/c1-15-6-10-17(11-7-15)24-21(26)14-28-20-5-3-2-4-19(20)22(27)25-18-12-8-16(23)9-13-18/h2-13H,14H2,1H3,(H,24,26)(H,25,27). The zero-order chi connectivity index (χ0) is 19.9. The van der Waals surface area contributed by atoms with Crippen LogP contribution in [0.15, 0.2) is 77.7 Å². The van der Waals surface area contributed by atoms with E-state index in [1.165, 1.54) is 36.0 Å². The van der Waals surface area contributed by atoms with Gasteiger partial charge in [-0.15, -0.1) is 11.8 Å². The van der Waals surface area contributed by atoms with E-state index in [1.54, 1.807) is 18.2 Å². The van der Waals surface area contributed by atoms with Crippen molar-refractivity contribution in [3.63, 3.8) is 0 Å². The van der Waals surface area contributed by atoms with E-state index in [4.69, 9.17) is 0 Å². The smallest absolute Gasteiger partial charge is 0.256 e. The van der Waals surface area contributed by atoms with E-state index in [2.05, 4.69) is 10.6 Å². The van der Waals surface area contributed by atoms with E-state index < -0.39 is 0 Å². The van der Waals surface area contributed by atoms with Crippen LogP contribution in [0.1, 0.15) is 15.9 Å². The van der Waals surface area contributed by atoms with E-state index in [-0.39, 0.29) is 23.4 Å². The Balaban J connectivity index is 1.63. The Hall–Kier alpha value is -3.12. The Morgan fingerprint density at radius 1 is 0.857 bits per heavy atom. The fraction of sp³-hybridized carbons (Fsp3) is 0.0909. The summed E-state index contributed by atoms with van der Waals surface area (Å²) < 4.78 is 13.0. The van der Waals surface area contributed by atoms with Gasteiger partial charge in [-0.2, -0.15) is 0 Å². The Kier molecular flexibility index (Phi) is 6.45. The van der Waals surface area contributed by atoms with Crippen LogP contribution in [0.5, 0.6) is 0 Å². The van der Waals surface area contributed by atoms with Crippen molar-refractivity contribution < 1.29 is 14.0 Å². The molecule has 0 saturated carbocycles. The highest BCUT2D eigenvalue weighted by atomic mass is 32.2. The maximum absolute atomic E-state index is 13.0. The molecule has 4 nitrogen and oxygen atoms in total. The summed E-state index contributed by atoms with van der Waals surface area (Å²) in [7, 11) is 0. The maximum Gasteiger partial charge on any atom is 0.256 e. The van der Waals surface area contributed by atoms with Crippen LogP contribution in [-0.4, -0.2) is 17.6 Å². The largest absolute Gasteiger partial charge is 0.325 e. The zero-order valence-electron chi connectivity index (χ0n) is 15.2. The third-order valence-electron chi connectivity index (χ3n) is 3.93. The molecule has 6 heteroatoms. The number of benzene rings is 3. The lowest BCUT2D eigenvalue weighted by Gasteiger charge is -2.10. The molecule has 0 atom stereocenters. The molecule has 0 fully saturated rings. The number of amides is 2. The molecule has 0 aliphatic rings. The van der Waals surface area contributed by atoms with Crippen LogP contribution in [0.3, 0.4) is 0 Å². The number of rotatable bonds is 6. The van der Waals surface area contributed by atoms with Gasteiger partial charge in [-0.3, -0.25) is 9.59 Å². The number of carbonyl (C=O) groups excluding carboxylic acids is 2. The molecule has 0 aliphatic heterocycles. The number of hydrogen-bond donors (Lipinski definition) is 2. The second kappa shape index (κ2) is 9.19. The Morgan fingerprint density at radius 2 is 1.46 bits per heavy atom. The third kappa shape index (κ3) is 5.44. The minimum absolute atomic E-state index is 0.150. The van der Waals surface area contributed by atoms with Gasteiger partial charge in [0.1, 0.15) is 5.82 Å². The van der Waals surface area contributed by atoms with Gasteiger partial charge in [0.25, 0.3) is 5.91 Å². The Morgan fingerprint density at radius 3 is 2.18 bits per heavy atom. The minimum atomic E-state index is -0.367. The summed E-state index contributed by atoms with van der Waals surface area (Å²) in [5.74, 6) is -0.654. The van der Waals surface area contributed by atoms with Crippen molar-refractivity contribution in [2.75, 3.05) is 16.4 Å². The van der Waals surface area contributed by atoms with E-state index in [0.29, 0.717) is 16.1 Å². The molecular weight excluding hydrogens is 375 g/mol. The lowest BCUT2D eigenvalue weighted by Crippen LogP contribution is -2.15. The molecule has 28 heavy (non-hydrogen) atoms. The van der Waals surface area contributed by atoms with Crippen LogP contribution in [0.4, 0.5) is 15.8 Å². The van der Waals surface area contributed by atoms with Crippen molar-refractivity contribution in [2.45, 2.75) is 11.8 Å². The molecule has 0 heterocycles.